The van der Waals surface area contributed by atoms with Gasteiger partial charge in [-0.1, -0.05) is 48.9 Å². The number of pyridine rings is 1. The molecular formula is C25H20FN3. The number of rotatable bonds is 3. The molecule has 0 atom stereocenters. The Balaban J connectivity index is 1.90. The molecule has 142 valence electrons. The van der Waals surface area contributed by atoms with Gasteiger partial charge in [-0.15, -0.1) is 0 Å². The zero-order valence-corrected chi connectivity index (χ0v) is 16.4. The second-order valence-corrected chi connectivity index (χ2v) is 7.33. The molecule has 0 radical (unpaired) electrons. The normalized spacial score (nSPS) is 11.4. The van der Waals surface area contributed by atoms with Crippen molar-refractivity contribution in [3.8, 4) is 16.9 Å². The smallest absolute Gasteiger partial charge is 0.125 e. The molecule has 0 saturated heterocycles. The van der Waals surface area contributed by atoms with Gasteiger partial charge in [-0.3, -0.25) is 4.98 Å². The van der Waals surface area contributed by atoms with Gasteiger partial charge in [0.05, 0.1) is 16.7 Å². The van der Waals surface area contributed by atoms with Crippen molar-refractivity contribution in [3.05, 3.63) is 89.9 Å². The lowest BCUT2D eigenvalue weighted by Gasteiger charge is -2.07. The fourth-order valence-corrected chi connectivity index (χ4v) is 3.77. The van der Waals surface area contributed by atoms with Crippen LogP contribution in [-0.4, -0.2) is 14.8 Å². The van der Waals surface area contributed by atoms with Crippen molar-refractivity contribution in [2.75, 3.05) is 0 Å². The van der Waals surface area contributed by atoms with Crippen LogP contribution in [0, 0.1) is 12.7 Å². The average molecular weight is 381 g/mol. The van der Waals surface area contributed by atoms with Gasteiger partial charge < -0.3 is 0 Å². The van der Waals surface area contributed by atoms with Crippen LogP contribution in [0.3, 0.4) is 0 Å². The van der Waals surface area contributed by atoms with Crippen molar-refractivity contribution in [2.45, 2.75) is 20.3 Å². The zero-order valence-electron chi connectivity index (χ0n) is 16.4. The molecule has 0 N–H and O–H groups in total. The summed E-state index contributed by atoms with van der Waals surface area (Å²) in [5.74, 6) is -0.282. The number of aryl methyl sites for hydroxylation is 2. The molecule has 3 nitrogen and oxygen atoms in total. The minimum absolute atomic E-state index is 0.282. The van der Waals surface area contributed by atoms with E-state index in [4.69, 9.17) is 5.10 Å². The first-order valence-corrected chi connectivity index (χ1v) is 9.77. The van der Waals surface area contributed by atoms with Gasteiger partial charge in [-0.05, 0) is 49.2 Å². The lowest BCUT2D eigenvalue weighted by atomic mass is 10.0. The first-order valence-electron chi connectivity index (χ1n) is 9.77. The van der Waals surface area contributed by atoms with E-state index in [-0.39, 0.29) is 5.82 Å². The number of fused-ring (bicyclic) bond motifs is 3. The standard InChI is InChI=1S/C25H20FN3/c1-3-17-9-12-23-21(13-17)25-22(15-27-23)24(18-10-7-16(2)8-11-18)28-29(25)20-6-4-5-19(26)14-20/h4-15H,3H2,1-2H3. The van der Waals surface area contributed by atoms with Crippen molar-refractivity contribution < 1.29 is 4.39 Å². The minimum Gasteiger partial charge on any atom is -0.255 e. The second kappa shape index (κ2) is 6.82. The molecule has 0 aliphatic carbocycles. The number of halogens is 1. The van der Waals surface area contributed by atoms with E-state index in [1.54, 1.807) is 6.07 Å². The van der Waals surface area contributed by atoms with Gasteiger partial charge in [0.15, 0.2) is 0 Å². The molecule has 2 aromatic heterocycles. The van der Waals surface area contributed by atoms with Gasteiger partial charge in [0.1, 0.15) is 11.5 Å². The molecule has 0 saturated carbocycles. The van der Waals surface area contributed by atoms with E-state index < -0.39 is 0 Å². The molecule has 5 aromatic rings. The second-order valence-electron chi connectivity index (χ2n) is 7.33. The third-order valence-electron chi connectivity index (χ3n) is 5.36. The first kappa shape index (κ1) is 17.6. The Bertz CT molecular complexity index is 1350. The summed E-state index contributed by atoms with van der Waals surface area (Å²) in [5.41, 5.74) is 6.84. The fourth-order valence-electron chi connectivity index (χ4n) is 3.77. The van der Waals surface area contributed by atoms with Crippen LogP contribution in [0.1, 0.15) is 18.1 Å². The maximum absolute atomic E-state index is 14.0. The van der Waals surface area contributed by atoms with E-state index in [2.05, 4.69) is 55.2 Å². The lowest BCUT2D eigenvalue weighted by Crippen LogP contribution is -1.98. The third kappa shape index (κ3) is 2.97. The Morgan fingerprint density at radius 1 is 0.931 bits per heavy atom. The molecule has 2 heterocycles. The van der Waals surface area contributed by atoms with Crippen LogP contribution in [0.4, 0.5) is 4.39 Å². The Kier molecular flexibility index (Phi) is 4.13. The summed E-state index contributed by atoms with van der Waals surface area (Å²) in [5, 5.41) is 6.90. The maximum Gasteiger partial charge on any atom is 0.125 e. The zero-order chi connectivity index (χ0) is 20.0. The van der Waals surface area contributed by atoms with Crippen LogP contribution in [0.15, 0.2) is 72.9 Å². The van der Waals surface area contributed by atoms with Crippen LogP contribution in [0.25, 0.3) is 38.8 Å². The SMILES string of the molecule is CCc1ccc2ncc3c(-c4ccc(C)cc4)nn(-c4cccc(F)c4)c3c2c1. The highest BCUT2D eigenvalue weighted by atomic mass is 19.1. The van der Waals surface area contributed by atoms with E-state index in [9.17, 15) is 4.39 Å². The van der Waals surface area contributed by atoms with E-state index in [1.807, 2.05) is 23.0 Å². The van der Waals surface area contributed by atoms with Gasteiger partial charge >= 0.3 is 0 Å². The molecule has 0 bridgehead atoms. The summed E-state index contributed by atoms with van der Waals surface area (Å²) < 4.78 is 15.9. The molecule has 5 rings (SSSR count). The van der Waals surface area contributed by atoms with E-state index >= 15 is 0 Å². The van der Waals surface area contributed by atoms with E-state index in [0.29, 0.717) is 5.69 Å². The van der Waals surface area contributed by atoms with Crippen molar-refractivity contribution in [1.82, 2.24) is 14.8 Å². The minimum atomic E-state index is -0.282. The predicted octanol–water partition coefficient (Wildman–Crippen LogP) is 6.25. The summed E-state index contributed by atoms with van der Waals surface area (Å²) in [6.07, 6.45) is 2.81. The highest BCUT2D eigenvalue weighted by Crippen LogP contribution is 2.34. The van der Waals surface area contributed by atoms with Crippen LogP contribution in [-0.2, 0) is 6.42 Å². The Hall–Kier alpha value is -3.53. The summed E-state index contributed by atoms with van der Waals surface area (Å²) in [6.45, 7) is 4.20. The molecular weight excluding hydrogens is 361 g/mol. The van der Waals surface area contributed by atoms with Crippen LogP contribution >= 0.6 is 0 Å². The Morgan fingerprint density at radius 2 is 1.76 bits per heavy atom. The molecule has 0 aliphatic heterocycles. The molecule has 0 fully saturated rings. The summed E-state index contributed by atoms with van der Waals surface area (Å²) in [7, 11) is 0. The summed E-state index contributed by atoms with van der Waals surface area (Å²) >= 11 is 0. The van der Waals surface area contributed by atoms with Gasteiger partial charge in [-0.25, -0.2) is 9.07 Å². The lowest BCUT2D eigenvalue weighted by molar-refractivity contribution is 0.626. The average Bonchev–Trinajstić information content (AvgIpc) is 3.14. The molecule has 3 aromatic carbocycles. The van der Waals surface area contributed by atoms with E-state index in [0.717, 1.165) is 39.5 Å². The van der Waals surface area contributed by atoms with Gasteiger partial charge in [0.2, 0.25) is 0 Å². The number of hydrogen-bond donors (Lipinski definition) is 0. The third-order valence-corrected chi connectivity index (χ3v) is 5.36. The van der Waals surface area contributed by atoms with Crippen LogP contribution < -0.4 is 0 Å². The molecule has 0 aliphatic rings. The van der Waals surface area contributed by atoms with Crippen molar-refractivity contribution in [3.63, 3.8) is 0 Å². The Morgan fingerprint density at radius 3 is 2.52 bits per heavy atom. The fraction of sp³-hybridized carbons (Fsp3) is 0.120. The number of aromatic nitrogens is 3. The molecule has 0 amide bonds. The number of hydrogen-bond acceptors (Lipinski definition) is 2. The topological polar surface area (TPSA) is 30.7 Å². The van der Waals surface area contributed by atoms with Crippen molar-refractivity contribution in [2.24, 2.45) is 0 Å². The van der Waals surface area contributed by atoms with Crippen molar-refractivity contribution in [1.29, 1.82) is 0 Å². The number of benzene rings is 3. The first-order chi connectivity index (χ1) is 14.1. The van der Waals surface area contributed by atoms with Crippen molar-refractivity contribution >= 4 is 21.8 Å². The van der Waals surface area contributed by atoms with Gasteiger partial charge in [0, 0.05) is 22.5 Å². The molecule has 0 unspecified atom stereocenters. The highest BCUT2D eigenvalue weighted by molar-refractivity contribution is 6.08. The summed E-state index contributed by atoms with van der Waals surface area (Å²) in [6, 6.07) is 21.2. The monoisotopic (exact) mass is 381 g/mol. The largest absolute Gasteiger partial charge is 0.255 e. The van der Waals surface area contributed by atoms with Gasteiger partial charge in [-0.2, -0.15) is 5.10 Å². The highest BCUT2D eigenvalue weighted by Gasteiger charge is 2.17. The number of nitrogens with zero attached hydrogens (tertiary/aromatic N) is 3. The quantitative estimate of drug-likeness (QED) is 0.370. The van der Waals surface area contributed by atoms with Crippen LogP contribution in [0.2, 0.25) is 0 Å². The maximum atomic E-state index is 14.0. The van der Waals surface area contributed by atoms with Crippen LogP contribution in [0.5, 0.6) is 0 Å². The predicted molar refractivity (Wildman–Crippen MR) is 116 cm³/mol. The van der Waals surface area contributed by atoms with E-state index in [1.165, 1.54) is 23.3 Å². The Labute approximate surface area is 168 Å². The molecule has 0 spiro atoms. The van der Waals surface area contributed by atoms with Gasteiger partial charge in [0.25, 0.3) is 0 Å². The summed E-state index contributed by atoms with van der Waals surface area (Å²) in [4.78, 5) is 4.69. The molecule has 4 heteroatoms. The molecule has 29 heavy (non-hydrogen) atoms.